The van der Waals surface area contributed by atoms with Gasteiger partial charge in [-0.1, -0.05) is 194 Å². The van der Waals surface area contributed by atoms with E-state index in [1.165, 1.54) is 128 Å². The number of ketones is 1. The van der Waals surface area contributed by atoms with Crippen molar-refractivity contribution < 1.29 is 68.8 Å². The van der Waals surface area contributed by atoms with E-state index >= 15 is 0 Å². The summed E-state index contributed by atoms with van der Waals surface area (Å²) in [5.74, 6) is -6.08. The van der Waals surface area contributed by atoms with Gasteiger partial charge in [0.25, 0.3) is 5.60 Å². The number of rotatable bonds is 36. The SMILES string of the molecule is CCCCCCCCCCCCCCCCCC(=O)OC(=O)C(O)(C(=O)CCCCCCCCCCCCCCCCC)C(O)C(=O)[O-].[Na+]. The number of aliphatic hydroxyl groups excluding tert-OH is 1. The van der Waals surface area contributed by atoms with Crippen LogP contribution in [-0.4, -0.2) is 45.6 Å². The van der Waals surface area contributed by atoms with E-state index in [0.29, 0.717) is 19.3 Å². The molecule has 0 aromatic rings. The van der Waals surface area contributed by atoms with Crippen LogP contribution in [0.25, 0.3) is 0 Å². The molecule has 0 saturated heterocycles. The fourth-order valence-electron chi connectivity index (χ4n) is 6.27. The summed E-state index contributed by atoms with van der Waals surface area (Å²) in [6.07, 6.45) is 31.1. The average molecular weight is 705 g/mol. The number of ether oxygens (including phenoxy) is 1. The molecule has 0 heterocycles. The largest absolute Gasteiger partial charge is 1.00 e. The monoisotopic (exact) mass is 705 g/mol. The molecule has 0 bridgehead atoms. The van der Waals surface area contributed by atoms with Gasteiger partial charge in [-0.2, -0.15) is 0 Å². The maximum atomic E-state index is 12.8. The van der Waals surface area contributed by atoms with E-state index in [1.54, 1.807) is 0 Å². The first-order chi connectivity index (χ1) is 23.2. The summed E-state index contributed by atoms with van der Waals surface area (Å²) in [5.41, 5.74) is -3.38. The molecule has 0 fully saturated rings. The molecular weight excluding hydrogens is 631 g/mol. The van der Waals surface area contributed by atoms with Crippen LogP contribution in [-0.2, 0) is 23.9 Å². The van der Waals surface area contributed by atoms with E-state index in [9.17, 15) is 34.5 Å². The zero-order valence-electron chi connectivity index (χ0n) is 32.0. The molecule has 0 amide bonds. The Hall–Kier alpha value is -0.800. The molecule has 0 radical (unpaired) electrons. The molecule has 0 aromatic heterocycles. The van der Waals surface area contributed by atoms with Crippen molar-refractivity contribution in [3.05, 3.63) is 0 Å². The molecule has 0 saturated carbocycles. The zero-order valence-corrected chi connectivity index (χ0v) is 34.0. The van der Waals surface area contributed by atoms with Gasteiger partial charge in [-0.3, -0.25) is 9.59 Å². The minimum absolute atomic E-state index is 0. The molecule has 0 aliphatic carbocycles. The second kappa shape index (κ2) is 35.6. The van der Waals surface area contributed by atoms with Crippen LogP contribution < -0.4 is 34.7 Å². The Kier molecular flexibility index (Phi) is 36.5. The second-order valence-corrected chi connectivity index (χ2v) is 14.1. The van der Waals surface area contributed by atoms with E-state index in [1.807, 2.05) is 0 Å². The molecule has 282 valence electrons. The number of Topliss-reactive ketones (excluding diaryl/α,β-unsaturated/α-hetero) is 1. The number of aliphatic carboxylic acids is 1. The molecule has 0 spiro atoms. The first kappa shape index (κ1) is 50.3. The minimum Gasteiger partial charge on any atom is -0.547 e. The van der Waals surface area contributed by atoms with Crippen LogP contribution in [0.4, 0.5) is 0 Å². The van der Waals surface area contributed by atoms with E-state index in [2.05, 4.69) is 18.6 Å². The van der Waals surface area contributed by atoms with Crippen molar-refractivity contribution in [3.63, 3.8) is 0 Å². The summed E-state index contributed by atoms with van der Waals surface area (Å²) in [6.45, 7) is 4.47. The minimum atomic E-state index is -3.38. The molecule has 2 N–H and O–H groups in total. The normalized spacial score (nSPS) is 13.0. The van der Waals surface area contributed by atoms with Crippen LogP contribution in [0.5, 0.6) is 0 Å². The van der Waals surface area contributed by atoms with Crippen molar-refractivity contribution >= 4 is 23.7 Å². The van der Waals surface area contributed by atoms with Crippen molar-refractivity contribution in [2.45, 2.75) is 231 Å². The Labute approximate surface area is 322 Å². The summed E-state index contributed by atoms with van der Waals surface area (Å²) >= 11 is 0. The second-order valence-electron chi connectivity index (χ2n) is 14.1. The molecule has 2 unspecified atom stereocenters. The number of carboxylic acids is 1. The third-order valence-corrected chi connectivity index (χ3v) is 9.55. The average Bonchev–Trinajstić information content (AvgIpc) is 3.07. The quantitative estimate of drug-likeness (QED) is 0.0351. The first-order valence-corrected chi connectivity index (χ1v) is 20.1. The third kappa shape index (κ3) is 27.5. The van der Waals surface area contributed by atoms with Crippen molar-refractivity contribution in [3.8, 4) is 0 Å². The van der Waals surface area contributed by atoms with E-state index in [-0.39, 0.29) is 42.4 Å². The Bertz CT molecular complexity index is 820. The number of unbranched alkanes of at least 4 members (excludes halogenated alkanes) is 28. The maximum Gasteiger partial charge on any atom is 1.00 e. The Morgan fingerprint density at radius 3 is 1.06 bits per heavy atom. The Balaban J connectivity index is 0. The van der Waals surface area contributed by atoms with Gasteiger partial charge in [0.2, 0.25) is 0 Å². The van der Waals surface area contributed by atoms with Crippen molar-refractivity contribution in [1.82, 2.24) is 0 Å². The van der Waals surface area contributed by atoms with Gasteiger partial charge in [0.15, 0.2) is 5.78 Å². The summed E-state index contributed by atoms with van der Waals surface area (Å²) in [4.78, 5) is 48.9. The summed E-state index contributed by atoms with van der Waals surface area (Å²) < 4.78 is 4.66. The fourth-order valence-corrected chi connectivity index (χ4v) is 6.27. The van der Waals surface area contributed by atoms with Crippen LogP contribution in [0.3, 0.4) is 0 Å². The molecule has 9 heteroatoms. The first-order valence-electron chi connectivity index (χ1n) is 20.1. The molecule has 0 aliphatic heterocycles. The van der Waals surface area contributed by atoms with Crippen LogP contribution in [0, 0.1) is 0 Å². The summed E-state index contributed by atoms with van der Waals surface area (Å²) in [7, 11) is 0. The van der Waals surface area contributed by atoms with Crippen molar-refractivity contribution in [1.29, 1.82) is 0 Å². The van der Waals surface area contributed by atoms with Crippen molar-refractivity contribution in [2.75, 3.05) is 0 Å². The number of carboxylic acid groups (broad SMARTS) is 1. The number of esters is 2. The standard InChI is InChI=1S/C40H74O8.Na/c1-3-5-7-9-11-13-15-17-19-21-23-25-27-29-31-33-35(41)40(47,37(43)38(44)45)39(46)48-36(42)34-32-30-28-26-24-22-20-18-16-14-12-10-8-6-4-2;/h37,43,47H,3-34H2,1-2H3,(H,44,45);/q;+1/p-1. The van der Waals surface area contributed by atoms with Gasteiger partial charge < -0.3 is 24.9 Å². The number of hydrogen-bond donors (Lipinski definition) is 2. The van der Waals surface area contributed by atoms with Gasteiger partial charge in [-0.25, -0.2) is 4.79 Å². The maximum absolute atomic E-state index is 12.8. The topological polar surface area (TPSA) is 141 Å². The van der Waals surface area contributed by atoms with Gasteiger partial charge in [0.05, 0.1) is 5.97 Å². The molecular formula is C40H73NaO8. The summed E-state index contributed by atoms with van der Waals surface area (Å²) in [5, 5.41) is 32.0. The molecule has 0 rings (SSSR count). The van der Waals surface area contributed by atoms with Crippen LogP contribution in [0.1, 0.15) is 219 Å². The van der Waals surface area contributed by atoms with Gasteiger partial charge in [-0.05, 0) is 12.8 Å². The number of aliphatic hydroxyl groups is 2. The smallest absolute Gasteiger partial charge is 0.547 e. The Morgan fingerprint density at radius 1 is 0.510 bits per heavy atom. The van der Waals surface area contributed by atoms with Gasteiger partial charge in [0, 0.05) is 12.8 Å². The predicted molar refractivity (Wildman–Crippen MR) is 191 cm³/mol. The fraction of sp³-hybridized carbons (Fsp3) is 0.900. The number of carbonyl (C=O) groups is 4. The van der Waals surface area contributed by atoms with Gasteiger partial charge in [0.1, 0.15) is 6.10 Å². The molecule has 0 aromatic carbocycles. The molecule has 49 heavy (non-hydrogen) atoms. The van der Waals surface area contributed by atoms with Crippen LogP contribution >= 0.6 is 0 Å². The van der Waals surface area contributed by atoms with Crippen LogP contribution in [0.15, 0.2) is 0 Å². The van der Waals surface area contributed by atoms with E-state index in [0.717, 1.165) is 44.9 Å². The van der Waals surface area contributed by atoms with E-state index in [4.69, 9.17) is 0 Å². The number of carbonyl (C=O) groups excluding carboxylic acids is 4. The van der Waals surface area contributed by atoms with E-state index < -0.39 is 35.4 Å². The predicted octanol–water partition coefficient (Wildman–Crippen LogP) is 5.99. The van der Waals surface area contributed by atoms with Crippen molar-refractivity contribution in [2.24, 2.45) is 0 Å². The van der Waals surface area contributed by atoms with Gasteiger partial charge in [-0.15, -0.1) is 0 Å². The number of hydrogen-bond acceptors (Lipinski definition) is 8. The van der Waals surface area contributed by atoms with Gasteiger partial charge >= 0.3 is 41.5 Å². The summed E-state index contributed by atoms with van der Waals surface area (Å²) in [6, 6.07) is 0. The Morgan fingerprint density at radius 2 is 0.776 bits per heavy atom. The molecule has 2 atom stereocenters. The zero-order chi connectivity index (χ0) is 35.7. The molecule has 8 nitrogen and oxygen atoms in total. The third-order valence-electron chi connectivity index (χ3n) is 9.55. The van der Waals surface area contributed by atoms with Crippen LogP contribution in [0.2, 0.25) is 0 Å². The molecule has 0 aliphatic rings.